The summed E-state index contributed by atoms with van der Waals surface area (Å²) in [5.74, 6) is -0.0130. The molecule has 0 saturated heterocycles. The fourth-order valence-corrected chi connectivity index (χ4v) is 3.18. The molecule has 6 heteroatoms. The van der Waals surface area contributed by atoms with Crippen molar-refractivity contribution < 1.29 is 19.1 Å². The molecule has 0 spiro atoms. The van der Waals surface area contributed by atoms with Gasteiger partial charge in [0.15, 0.2) is 11.1 Å². The fourth-order valence-electron chi connectivity index (χ4n) is 2.99. The number of halogens is 1. The van der Waals surface area contributed by atoms with E-state index in [0.29, 0.717) is 33.9 Å². The smallest absolute Gasteiger partial charge is 0.334 e. The van der Waals surface area contributed by atoms with Crippen LogP contribution in [0.1, 0.15) is 32.6 Å². The number of fused-ring (bicyclic) bond motifs is 1. The Morgan fingerprint density at radius 3 is 2.59 bits per heavy atom. The molecule has 0 aliphatic carbocycles. The Kier molecular flexibility index (Phi) is 5.14. The number of allylic oxidation sites excluding steroid dienone is 1. The molecule has 29 heavy (non-hydrogen) atoms. The van der Waals surface area contributed by atoms with E-state index in [2.05, 4.69) is 4.98 Å². The third-order valence-electron chi connectivity index (χ3n) is 4.51. The minimum absolute atomic E-state index is 0.171. The van der Waals surface area contributed by atoms with E-state index in [0.717, 1.165) is 0 Å². The number of esters is 1. The lowest BCUT2D eigenvalue weighted by Gasteiger charge is -2.13. The van der Waals surface area contributed by atoms with Crippen LogP contribution in [-0.4, -0.2) is 16.7 Å². The number of ketones is 1. The molecule has 1 aliphatic heterocycles. The van der Waals surface area contributed by atoms with Gasteiger partial charge in [0.05, 0.1) is 11.3 Å². The molecule has 2 heterocycles. The molecular weight excluding hydrogens is 390 g/mol. The van der Waals surface area contributed by atoms with E-state index >= 15 is 0 Å². The quantitative estimate of drug-likeness (QED) is 0.267. The number of carbonyl (C=O) groups excluding carboxylic acids is 2. The number of hydrogen-bond donors (Lipinski definition) is 0. The normalized spacial score (nSPS) is 15.0. The van der Waals surface area contributed by atoms with E-state index in [4.69, 9.17) is 21.1 Å². The second-order valence-electron chi connectivity index (χ2n) is 6.45. The fraction of sp³-hybridized carbons (Fsp3) is 0.0870. The predicted octanol–water partition coefficient (Wildman–Crippen LogP) is 4.89. The van der Waals surface area contributed by atoms with Gasteiger partial charge in [-0.2, -0.15) is 0 Å². The summed E-state index contributed by atoms with van der Waals surface area (Å²) in [5.41, 5.74) is 2.21. The van der Waals surface area contributed by atoms with Gasteiger partial charge in [0, 0.05) is 17.8 Å². The zero-order chi connectivity index (χ0) is 20.4. The molecule has 0 bridgehead atoms. The minimum Gasteiger partial charge on any atom is -0.452 e. The standard InChI is InChI=1S/C23H16ClNO4/c1-14-18(29-23(27)20(24)15-7-3-2-4-8-15)11-10-17-21(26)19(28-22(14)17)13-16-9-5-6-12-25-16/h2-13,20H,1H3/b19-13-. The van der Waals surface area contributed by atoms with E-state index < -0.39 is 11.3 Å². The van der Waals surface area contributed by atoms with E-state index in [1.165, 1.54) is 0 Å². The Morgan fingerprint density at radius 1 is 1.10 bits per heavy atom. The van der Waals surface area contributed by atoms with Crippen molar-refractivity contribution >= 4 is 29.4 Å². The van der Waals surface area contributed by atoms with Crippen LogP contribution in [0, 0.1) is 6.92 Å². The summed E-state index contributed by atoms with van der Waals surface area (Å²) in [5, 5.41) is -0.939. The molecule has 1 unspecified atom stereocenters. The molecule has 0 fully saturated rings. The molecular formula is C23H16ClNO4. The average molecular weight is 406 g/mol. The Bertz CT molecular complexity index is 1110. The highest BCUT2D eigenvalue weighted by molar-refractivity contribution is 6.30. The van der Waals surface area contributed by atoms with Gasteiger partial charge in [-0.15, -0.1) is 11.6 Å². The maximum absolute atomic E-state index is 12.6. The second kappa shape index (κ2) is 7.89. The minimum atomic E-state index is -0.939. The highest BCUT2D eigenvalue weighted by atomic mass is 35.5. The van der Waals surface area contributed by atoms with E-state index in [1.807, 2.05) is 12.1 Å². The summed E-state index contributed by atoms with van der Waals surface area (Å²) in [4.78, 5) is 29.3. The zero-order valence-electron chi connectivity index (χ0n) is 15.5. The Morgan fingerprint density at radius 2 is 1.86 bits per heavy atom. The van der Waals surface area contributed by atoms with Crippen LogP contribution in [0.5, 0.6) is 11.5 Å². The highest BCUT2D eigenvalue weighted by Crippen LogP contribution is 2.39. The van der Waals surface area contributed by atoms with Crippen LogP contribution < -0.4 is 9.47 Å². The van der Waals surface area contributed by atoms with Crippen LogP contribution in [0.2, 0.25) is 0 Å². The first-order valence-electron chi connectivity index (χ1n) is 8.94. The predicted molar refractivity (Wildman–Crippen MR) is 109 cm³/mol. The maximum atomic E-state index is 12.6. The molecule has 1 aromatic heterocycles. The average Bonchev–Trinajstić information content (AvgIpc) is 3.07. The van der Waals surface area contributed by atoms with Crippen molar-refractivity contribution in [2.75, 3.05) is 0 Å². The van der Waals surface area contributed by atoms with Crippen molar-refractivity contribution in [3.63, 3.8) is 0 Å². The lowest BCUT2D eigenvalue weighted by molar-refractivity contribution is -0.134. The monoisotopic (exact) mass is 405 g/mol. The number of alkyl halides is 1. The first kappa shape index (κ1) is 18.9. The van der Waals surface area contributed by atoms with Gasteiger partial charge >= 0.3 is 5.97 Å². The Labute approximate surface area is 172 Å². The van der Waals surface area contributed by atoms with E-state index in [-0.39, 0.29) is 11.5 Å². The molecule has 3 aromatic rings. The van der Waals surface area contributed by atoms with Gasteiger partial charge in [0.25, 0.3) is 0 Å². The summed E-state index contributed by atoms with van der Waals surface area (Å²) in [7, 11) is 0. The number of Topliss-reactive ketones (excluding diaryl/α,β-unsaturated/α-hetero) is 1. The van der Waals surface area contributed by atoms with Crippen molar-refractivity contribution in [1.29, 1.82) is 0 Å². The van der Waals surface area contributed by atoms with Gasteiger partial charge in [0.1, 0.15) is 11.5 Å². The molecule has 1 aliphatic rings. The number of benzene rings is 2. The van der Waals surface area contributed by atoms with Gasteiger partial charge in [-0.3, -0.25) is 9.78 Å². The van der Waals surface area contributed by atoms with Crippen molar-refractivity contribution in [1.82, 2.24) is 4.98 Å². The summed E-state index contributed by atoms with van der Waals surface area (Å²) in [6, 6.07) is 17.5. The largest absolute Gasteiger partial charge is 0.452 e. The summed E-state index contributed by atoms with van der Waals surface area (Å²) in [6.45, 7) is 1.73. The molecule has 2 aromatic carbocycles. The Balaban J connectivity index is 1.58. The molecule has 5 nitrogen and oxygen atoms in total. The lowest BCUT2D eigenvalue weighted by atomic mass is 10.1. The number of aromatic nitrogens is 1. The summed E-state index contributed by atoms with van der Waals surface area (Å²) >= 11 is 6.24. The van der Waals surface area contributed by atoms with Crippen LogP contribution in [-0.2, 0) is 4.79 Å². The third kappa shape index (κ3) is 3.77. The molecule has 0 N–H and O–H groups in total. The van der Waals surface area contributed by atoms with Crippen LogP contribution in [0.3, 0.4) is 0 Å². The highest BCUT2D eigenvalue weighted by Gasteiger charge is 2.31. The summed E-state index contributed by atoms with van der Waals surface area (Å²) < 4.78 is 11.2. The van der Waals surface area contributed by atoms with Crippen molar-refractivity contribution in [2.24, 2.45) is 0 Å². The SMILES string of the molecule is Cc1c(OC(=O)C(Cl)c2ccccc2)ccc2c1O/C(=C\c1ccccn1)C2=O. The van der Waals surface area contributed by atoms with Gasteiger partial charge in [-0.05, 0) is 36.8 Å². The molecule has 144 valence electrons. The number of ether oxygens (including phenoxy) is 2. The van der Waals surface area contributed by atoms with Crippen molar-refractivity contribution in [3.8, 4) is 11.5 Å². The van der Waals surface area contributed by atoms with Crippen LogP contribution in [0.25, 0.3) is 6.08 Å². The van der Waals surface area contributed by atoms with Crippen LogP contribution in [0.15, 0.2) is 72.6 Å². The maximum Gasteiger partial charge on any atom is 0.334 e. The molecule has 0 radical (unpaired) electrons. The first-order chi connectivity index (χ1) is 14.0. The Hall–Kier alpha value is -3.44. The molecule has 0 amide bonds. The first-order valence-corrected chi connectivity index (χ1v) is 9.38. The third-order valence-corrected chi connectivity index (χ3v) is 4.94. The molecule has 0 saturated carbocycles. The topological polar surface area (TPSA) is 65.5 Å². The van der Waals surface area contributed by atoms with Crippen LogP contribution >= 0.6 is 11.6 Å². The molecule has 4 rings (SSSR count). The van der Waals surface area contributed by atoms with E-state index in [1.54, 1.807) is 67.7 Å². The molecule has 1 atom stereocenters. The number of pyridine rings is 1. The number of carbonyl (C=O) groups is 2. The van der Waals surface area contributed by atoms with Crippen LogP contribution in [0.4, 0.5) is 0 Å². The summed E-state index contributed by atoms with van der Waals surface area (Å²) in [6.07, 6.45) is 3.22. The van der Waals surface area contributed by atoms with Crippen molar-refractivity contribution in [2.45, 2.75) is 12.3 Å². The number of hydrogen-bond acceptors (Lipinski definition) is 5. The van der Waals surface area contributed by atoms with E-state index in [9.17, 15) is 9.59 Å². The lowest BCUT2D eigenvalue weighted by Crippen LogP contribution is -2.15. The van der Waals surface area contributed by atoms with Gasteiger partial charge in [-0.25, -0.2) is 4.79 Å². The zero-order valence-corrected chi connectivity index (χ0v) is 16.2. The van der Waals surface area contributed by atoms with Gasteiger partial charge in [-0.1, -0.05) is 36.4 Å². The van der Waals surface area contributed by atoms with Gasteiger partial charge in [0.2, 0.25) is 5.78 Å². The van der Waals surface area contributed by atoms with Gasteiger partial charge < -0.3 is 9.47 Å². The number of nitrogens with zero attached hydrogens (tertiary/aromatic N) is 1. The number of rotatable bonds is 4. The van der Waals surface area contributed by atoms with Crippen molar-refractivity contribution in [3.05, 3.63) is 95.0 Å². The second-order valence-corrected chi connectivity index (χ2v) is 6.89.